The first-order chi connectivity index (χ1) is 18.9. The lowest BCUT2D eigenvalue weighted by Gasteiger charge is -2.47. The predicted octanol–water partition coefficient (Wildman–Crippen LogP) is -1.000. The van der Waals surface area contributed by atoms with Crippen LogP contribution in [0.5, 0.6) is 0 Å². The lowest BCUT2D eigenvalue weighted by molar-refractivity contribution is -0.158. The van der Waals surface area contributed by atoms with Gasteiger partial charge in [0.05, 0.1) is 18.0 Å². The third-order valence-electron chi connectivity index (χ3n) is 8.65. The Kier molecular flexibility index (Phi) is 7.65. The number of nitrogens with two attached hydrogens (primary N) is 1. The number of hydrogen-bond donors (Lipinski definition) is 4. The summed E-state index contributed by atoms with van der Waals surface area (Å²) < 4.78 is 1.28. The Hall–Kier alpha value is -3.04. The molecular formula is C25H37N9O5S. The van der Waals surface area contributed by atoms with Gasteiger partial charge in [0.25, 0.3) is 0 Å². The Morgan fingerprint density at radius 1 is 1.35 bits per heavy atom. The molecule has 3 fully saturated rings. The highest BCUT2D eigenvalue weighted by Gasteiger charge is 2.60. The summed E-state index contributed by atoms with van der Waals surface area (Å²) in [6.45, 7) is 9.48. The lowest BCUT2D eigenvalue weighted by Crippen LogP contribution is -2.66. The number of β-lactam (4-membered cyclic amide) rings is 1. The Morgan fingerprint density at radius 3 is 2.73 bits per heavy atom. The fraction of sp³-hybridized carbons (Fsp3) is 0.720. The van der Waals surface area contributed by atoms with Crippen LogP contribution in [0.25, 0.3) is 0 Å². The molecule has 4 aliphatic rings. The van der Waals surface area contributed by atoms with Crippen LogP contribution in [0.2, 0.25) is 0 Å². The molecule has 0 saturated carbocycles. The molecule has 1 unspecified atom stereocenters. The number of tetrazole rings is 1. The normalized spacial score (nSPS) is 30.9. The van der Waals surface area contributed by atoms with E-state index in [-0.39, 0.29) is 64.7 Å². The van der Waals surface area contributed by atoms with Crippen molar-refractivity contribution in [1.29, 1.82) is 0 Å². The van der Waals surface area contributed by atoms with E-state index >= 15 is 0 Å². The molecule has 1 aromatic rings. The number of aromatic nitrogens is 4. The molecule has 3 saturated heterocycles. The molecule has 0 bridgehead atoms. The monoisotopic (exact) mass is 575 g/mol. The van der Waals surface area contributed by atoms with Crippen molar-refractivity contribution < 1.29 is 24.3 Å². The van der Waals surface area contributed by atoms with E-state index in [0.717, 1.165) is 6.42 Å². The van der Waals surface area contributed by atoms with Crippen LogP contribution in [-0.4, -0.2) is 107 Å². The summed E-state index contributed by atoms with van der Waals surface area (Å²) in [6.07, 6.45) is 2.78. The average Bonchev–Trinajstić information content (AvgIpc) is 3.66. The van der Waals surface area contributed by atoms with Crippen LogP contribution in [-0.2, 0) is 25.7 Å². The van der Waals surface area contributed by atoms with Gasteiger partial charge in [-0.05, 0) is 50.0 Å². The number of nitrogens with one attached hydrogen (secondary N) is 2. The average molecular weight is 576 g/mol. The number of carboxylic acids is 1. The van der Waals surface area contributed by atoms with Gasteiger partial charge >= 0.3 is 5.97 Å². The zero-order valence-corrected chi connectivity index (χ0v) is 23.9. The maximum Gasteiger partial charge on any atom is 0.353 e. The second-order valence-electron chi connectivity index (χ2n) is 11.9. The van der Waals surface area contributed by atoms with Gasteiger partial charge in [0.1, 0.15) is 18.6 Å². The minimum absolute atomic E-state index is 0.00855. The number of hydrogen-bond acceptors (Lipinski definition) is 10. The topological polar surface area (TPSA) is 189 Å². The standard InChI is InChI=1S/C25H37N9O5S/c1-12-19-18(13(2)29-17(35)10-33-11-28-30-31-33)23(37)34(19)20(24(38)39)21(12)40-15-7-16(27-8-15)22(36)32-6-5-14(9-32)25(3,4)26/h11-16,18-19,27H,5-10,26H2,1-4H3,(H,29,35)(H,38,39)/t12-,13?,14-,15+,16+,18-,19-/m1/s1. The number of likely N-dealkylation sites (tertiary alicyclic amines) is 1. The predicted molar refractivity (Wildman–Crippen MR) is 144 cm³/mol. The summed E-state index contributed by atoms with van der Waals surface area (Å²) in [5.41, 5.74) is 5.94. The van der Waals surface area contributed by atoms with Gasteiger partial charge in [-0.2, -0.15) is 0 Å². The first kappa shape index (κ1) is 28.5. The molecule has 14 nitrogen and oxygen atoms in total. The minimum Gasteiger partial charge on any atom is -0.477 e. The largest absolute Gasteiger partial charge is 0.477 e. The molecular weight excluding hydrogens is 538 g/mol. The van der Waals surface area contributed by atoms with Crippen LogP contribution < -0.4 is 16.4 Å². The van der Waals surface area contributed by atoms with Crippen molar-refractivity contribution in [2.45, 2.75) is 76.0 Å². The maximum atomic E-state index is 13.2. The van der Waals surface area contributed by atoms with E-state index in [0.29, 0.717) is 31.0 Å². The van der Waals surface area contributed by atoms with Gasteiger partial charge < -0.3 is 31.3 Å². The second kappa shape index (κ2) is 10.7. The van der Waals surface area contributed by atoms with Crippen LogP contribution in [0.3, 0.4) is 0 Å². The molecule has 5 heterocycles. The fourth-order valence-corrected chi connectivity index (χ4v) is 7.91. The molecule has 1 aromatic heterocycles. The van der Waals surface area contributed by atoms with Gasteiger partial charge in [0.2, 0.25) is 17.7 Å². The number of carboxylic acid groups (broad SMARTS) is 1. The van der Waals surface area contributed by atoms with Gasteiger partial charge in [-0.15, -0.1) is 16.9 Å². The summed E-state index contributed by atoms with van der Waals surface area (Å²) in [6, 6.07) is -1.19. The van der Waals surface area contributed by atoms with Crippen molar-refractivity contribution in [2.75, 3.05) is 19.6 Å². The fourth-order valence-electron chi connectivity index (χ4n) is 6.43. The molecule has 3 amide bonds. The Bertz CT molecular complexity index is 1220. The molecule has 218 valence electrons. The smallest absolute Gasteiger partial charge is 0.353 e. The van der Waals surface area contributed by atoms with Crippen molar-refractivity contribution in [3.05, 3.63) is 16.9 Å². The highest BCUT2D eigenvalue weighted by molar-refractivity contribution is 8.03. The van der Waals surface area contributed by atoms with E-state index in [1.54, 1.807) is 6.92 Å². The van der Waals surface area contributed by atoms with E-state index in [1.807, 2.05) is 25.7 Å². The van der Waals surface area contributed by atoms with Crippen molar-refractivity contribution in [3.63, 3.8) is 0 Å². The zero-order valence-electron chi connectivity index (χ0n) is 23.1. The summed E-state index contributed by atoms with van der Waals surface area (Å²) in [5.74, 6) is -2.26. The Balaban J connectivity index is 1.21. The number of aliphatic carboxylic acids is 1. The number of thioether (sulfide) groups is 1. The summed E-state index contributed by atoms with van der Waals surface area (Å²) in [7, 11) is 0. The van der Waals surface area contributed by atoms with E-state index in [2.05, 4.69) is 26.2 Å². The van der Waals surface area contributed by atoms with Crippen molar-refractivity contribution in [1.82, 2.24) is 40.6 Å². The van der Waals surface area contributed by atoms with E-state index in [1.165, 1.54) is 27.7 Å². The lowest BCUT2D eigenvalue weighted by atomic mass is 9.78. The number of carbonyl (C=O) groups excluding carboxylic acids is 3. The molecule has 0 spiro atoms. The highest BCUT2D eigenvalue weighted by Crippen LogP contribution is 2.52. The number of carbonyl (C=O) groups is 4. The second-order valence-corrected chi connectivity index (χ2v) is 13.3. The minimum atomic E-state index is -1.15. The molecule has 0 aromatic carbocycles. The van der Waals surface area contributed by atoms with E-state index in [9.17, 15) is 24.3 Å². The Labute approximate surface area is 236 Å². The maximum absolute atomic E-state index is 13.2. The van der Waals surface area contributed by atoms with Gasteiger partial charge in [-0.3, -0.25) is 14.4 Å². The van der Waals surface area contributed by atoms with Crippen molar-refractivity contribution in [2.24, 2.45) is 23.5 Å². The first-order valence-electron chi connectivity index (χ1n) is 13.6. The van der Waals surface area contributed by atoms with Crippen LogP contribution in [0.1, 0.15) is 40.5 Å². The number of fused-ring (bicyclic) bond motifs is 1. The molecule has 5 N–H and O–H groups in total. The summed E-state index contributed by atoms with van der Waals surface area (Å²) in [5, 5.41) is 26.9. The SMILES string of the molecule is CC(NC(=O)Cn1cnnn1)[C@H]1C(=O)N2C(C(=O)O)=C(S[C@@H]3CN[C@H](C(=O)N4CC[C@@H](C(C)(C)N)C4)C3)[C@H](C)[C@H]12. The molecule has 7 atom stereocenters. The zero-order chi connectivity index (χ0) is 28.9. The van der Waals surface area contributed by atoms with E-state index < -0.39 is 17.9 Å². The van der Waals surface area contributed by atoms with Crippen molar-refractivity contribution in [3.8, 4) is 0 Å². The van der Waals surface area contributed by atoms with Crippen molar-refractivity contribution >= 4 is 35.5 Å². The van der Waals surface area contributed by atoms with Gasteiger partial charge in [-0.25, -0.2) is 9.48 Å². The highest BCUT2D eigenvalue weighted by atomic mass is 32.2. The van der Waals surface area contributed by atoms with Gasteiger partial charge in [-0.1, -0.05) is 6.92 Å². The van der Waals surface area contributed by atoms with Crippen LogP contribution in [0.15, 0.2) is 16.9 Å². The number of rotatable bonds is 9. The third-order valence-corrected chi connectivity index (χ3v) is 10.2. The van der Waals surface area contributed by atoms with Gasteiger partial charge in [0, 0.05) is 47.3 Å². The Morgan fingerprint density at radius 2 is 2.10 bits per heavy atom. The quantitative estimate of drug-likeness (QED) is 0.264. The van der Waals surface area contributed by atoms with E-state index in [4.69, 9.17) is 5.73 Å². The molecule has 0 radical (unpaired) electrons. The molecule has 0 aliphatic carbocycles. The number of nitrogens with zero attached hydrogens (tertiary/aromatic N) is 6. The summed E-state index contributed by atoms with van der Waals surface area (Å²) >= 11 is 1.45. The third kappa shape index (κ3) is 5.21. The van der Waals surface area contributed by atoms with Gasteiger partial charge in [0.15, 0.2) is 0 Å². The summed E-state index contributed by atoms with van der Waals surface area (Å²) in [4.78, 5) is 55.0. The number of amides is 3. The first-order valence-corrected chi connectivity index (χ1v) is 14.5. The van der Waals surface area contributed by atoms with Crippen LogP contribution >= 0.6 is 11.8 Å². The molecule has 5 rings (SSSR count). The molecule has 40 heavy (non-hydrogen) atoms. The van der Waals surface area contributed by atoms with Crippen LogP contribution in [0.4, 0.5) is 0 Å². The molecule has 15 heteroatoms. The molecule has 4 aliphatic heterocycles. The van der Waals surface area contributed by atoms with Crippen LogP contribution in [0, 0.1) is 17.8 Å².